The Bertz CT molecular complexity index is 989. The first-order valence-corrected chi connectivity index (χ1v) is 21.4. The third-order valence-corrected chi connectivity index (χ3v) is 6.84. The topological polar surface area (TPSA) is 46.8 Å². The Morgan fingerprint density at radius 1 is 0.421 bits per heavy atom. The monoisotopic (exact) mass is 1110 g/mol. The number of hydrogen-bond acceptors (Lipinski definition) is 9. The van der Waals surface area contributed by atoms with Crippen LogP contribution in [0.3, 0.4) is 0 Å². The van der Waals surface area contributed by atoms with Crippen LogP contribution in [0, 0.1) is 0 Å². The van der Waals surface area contributed by atoms with E-state index in [1.165, 1.54) is 0 Å². The molecule has 0 atom stereocenters. The summed E-state index contributed by atoms with van der Waals surface area (Å²) in [6, 6.07) is 0. The molecule has 57 heavy (non-hydrogen) atoms. The van der Waals surface area contributed by atoms with Gasteiger partial charge in [0.05, 0.1) is 0 Å². The Balaban J connectivity index is -0.0000000726. The Morgan fingerprint density at radius 2 is 0.544 bits per heavy atom. The molecule has 0 aromatic heterocycles. The van der Waals surface area contributed by atoms with Gasteiger partial charge in [-0.3, -0.25) is 15.0 Å². The number of rotatable bonds is 15. The molecule has 0 unspecified atom stereocenters. The molecule has 27 heteroatoms. The molecule has 0 spiro atoms. The quantitative estimate of drug-likeness (QED) is 0.0538. The van der Waals surface area contributed by atoms with Gasteiger partial charge in [0.15, 0.2) is 0 Å². The van der Waals surface area contributed by atoms with Crippen molar-refractivity contribution < 1.29 is 113 Å². The summed E-state index contributed by atoms with van der Waals surface area (Å²) >= 11 is 15.8. The number of hydrogen-bond donors (Lipinski definition) is 0. The van der Waals surface area contributed by atoms with Crippen LogP contribution in [0.4, 0.5) is 50.4 Å². The van der Waals surface area contributed by atoms with E-state index in [0.717, 1.165) is 75.7 Å². The van der Waals surface area contributed by atoms with Crippen LogP contribution in [-0.2, 0) is 88.2 Å². The van der Waals surface area contributed by atoms with Crippen LogP contribution in [0.15, 0.2) is 15.0 Å². The van der Waals surface area contributed by atoms with Gasteiger partial charge < -0.3 is 65.0 Å². The maximum Gasteiger partial charge on any atom is 3.00 e. The first-order valence-electron chi connectivity index (χ1n) is 16.1. The first kappa shape index (κ1) is 79.2. The van der Waals surface area contributed by atoms with Crippen molar-refractivity contribution in [3.63, 3.8) is 0 Å². The molecule has 0 saturated carbocycles. The summed E-state index contributed by atoms with van der Waals surface area (Å²) in [4.78, 5) is 19.9. The summed E-state index contributed by atoms with van der Waals surface area (Å²) in [6.07, 6.45) is 3.32. The van der Waals surface area contributed by atoms with E-state index >= 15 is 0 Å². The van der Waals surface area contributed by atoms with Crippen molar-refractivity contribution in [2.45, 2.75) is 95.8 Å². The van der Waals surface area contributed by atoms with Crippen LogP contribution in [0.2, 0.25) is 0 Å². The fourth-order valence-electron chi connectivity index (χ4n) is 2.47. The summed E-state index contributed by atoms with van der Waals surface area (Å²) in [5.74, 6) is 0. The average Bonchev–Trinajstić information content (AvgIpc) is 2.81. The third-order valence-electron chi connectivity index (χ3n) is 5.95. The SMILES string of the molecule is CC(=NCCCN(C)C)C(C)(C)[S-].CC(=NCCCN(C)C)C(C)(C)[S-].CC(=NCCCN(C)C)C(C)(C)[S-].F[P-](F)(F)(F)(F)F.F[P-](F)(F)(F)(F)F.[Cl-].[Co+3].[Co+3].[Co+3]. The summed E-state index contributed by atoms with van der Waals surface area (Å²) in [6.45, 7) is 24.1. The minimum absolute atomic E-state index is 0. The van der Waals surface area contributed by atoms with Crippen LogP contribution in [-0.4, -0.2) is 128 Å². The minimum Gasteiger partial charge on any atom is -1.00 e. The fraction of sp³-hybridized carbons (Fsp3) is 0.900. The third kappa shape index (κ3) is 108. The molecule has 0 fully saturated rings. The molecule has 0 rings (SSSR count). The van der Waals surface area contributed by atoms with E-state index in [2.05, 4.69) is 72.0 Å². The van der Waals surface area contributed by atoms with Crippen molar-refractivity contribution in [3.05, 3.63) is 0 Å². The Labute approximate surface area is 388 Å². The fourth-order valence-corrected chi connectivity index (χ4v) is 2.67. The van der Waals surface area contributed by atoms with Crippen LogP contribution in [0.25, 0.3) is 0 Å². The zero-order valence-corrected chi connectivity index (χ0v) is 43.2. The van der Waals surface area contributed by atoms with Gasteiger partial charge in [0, 0.05) is 19.6 Å². The smallest absolute Gasteiger partial charge is 1.00 e. The van der Waals surface area contributed by atoms with Gasteiger partial charge in [0.1, 0.15) is 0 Å². The Hall–Kier alpha value is 1.77. The molecule has 0 aliphatic rings. The number of halogens is 13. The Morgan fingerprint density at radius 3 is 0.632 bits per heavy atom. The molecule has 0 bridgehead atoms. The summed E-state index contributed by atoms with van der Waals surface area (Å²) < 4.78 is 118. The zero-order valence-electron chi connectivity index (χ0n) is 35.1. The summed E-state index contributed by atoms with van der Waals surface area (Å²) in [5.41, 5.74) is 3.21. The van der Waals surface area contributed by atoms with Crippen LogP contribution < -0.4 is 12.4 Å². The van der Waals surface area contributed by atoms with Crippen LogP contribution in [0.1, 0.15) is 81.6 Å². The van der Waals surface area contributed by atoms with Gasteiger partial charge in [0.2, 0.25) is 0 Å². The molecule has 0 radical (unpaired) electrons. The van der Waals surface area contributed by atoms with E-state index in [4.69, 9.17) is 37.9 Å². The van der Waals surface area contributed by atoms with Gasteiger partial charge in [-0.05, 0) is 119 Å². The van der Waals surface area contributed by atoms with Gasteiger partial charge in [-0.25, -0.2) is 0 Å². The predicted octanol–water partition coefficient (Wildman–Crippen LogP) is 8.93. The molecule has 0 aromatic rings. The normalized spacial score (nSPS) is 15.2. The summed E-state index contributed by atoms with van der Waals surface area (Å²) in [7, 11) is -8.85. The second-order valence-electron chi connectivity index (χ2n) is 14.3. The number of aliphatic imine (C=N–C) groups is 3. The molecule has 0 saturated heterocycles. The molecule has 0 heterocycles. The molecule has 0 N–H and O–H groups in total. The molecule has 0 aliphatic carbocycles. The standard InChI is InChI=1S/3C10H22N2S.ClH.3Co.2F6P/c3*1-9(10(2,3)13)11-7-6-8-12(4)5;;;;;2*1-7(2,3,4,5)6/h3*13H,6-8H2,1-5H3;1H;;;;;/q;;;;3*+3;2*-1/p-4. The first-order chi connectivity index (χ1) is 22.4. The van der Waals surface area contributed by atoms with E-state index in [1.807, 2.05) is 62.3 Å². The van der Waals surface area contributed by atoms with Crippen molar-refractivity contribution in [3.8, 4) is 0 Å². The molecule has 0 aromatic carbocycles. The van der Waals surface area contributed by atoms with E-state index in [0.29, 0.717) is 0 Å². The molecular formula is C30H63ClCo3F12N6P2S3+3. The van der Waals surface area contributed by atoms with Gasteiger partial charge >= 0.3 is 116 Å². The number of nitrogens with zero attached hydrogens (tertiary/aromatic N) is 6. The summed E-state index contributed by atoms with van der Waals surface area (Å²) in [5, 5.41) is 0. The van der Waals surface area contributed by atoms with E-state index in [1.54, 1.807) is 0 Å². The predicted molar refractivity (Wildman–Crippen MR) is 215 cm³/mol. The van der Waals surface area contributed by atoms with Crippen molar-refractivity contribution in [2.24, 2.45) is 15.0 Å². The second kappa shape index (κ2) is 29.3. The van der Waals surface area contributed by atoms with E-state index in [9.17, 15) is 50.4 Å². The van der Waals surface area contributed by atoms with Gasteiger partial charge in [0.25, 0.3) is 0 Å². The van der Waals surface area contributed by atoms with E-state index in [-0.39, 0.29) is 77.0 Å². The molecule has 356 valence electrons. The van der Waals surface area contributed by atoms with Crippen molar-refractivity contribution >= 4 is 70.6 Å². The second-order valence-corrected chi connectivity index (χ2v) is 21.2. The van der Waals surface area contributed by atoms with Crippen molar-refractivity contribution in [1.82, 2.24) is 14.7 Å². The Kier molecular flexibility index (Phi) is 40.6. The van der Waals surface area contributed by atoms with Gasteiger partial charge in [-0.2, -0.15) is 0 Å². The van der Waals surface area contributed by atoms with Gasteiger partial charge in [-0.1, -0.05) is 41.5 Å². The molecule has 0 amide bonds. The van der Waals surface area contributed by atoms with Crippen molar-refractivity contribution in [2.75, 3.05) is 81.6 Å². The molecule has 6 nitrogen and oxygen atoms in total. The largest absolute Gasteiger partial charge is 3.00 e. The zero-order chi connectivity index (χ0) is 44.3. The molecule has 0 aliphatic heterocycles. The van der Waals surface area contributed by atoms with Crippen LogP contribution in [0.5, 0.6) is 0 Å². The average molecular weight is 1110 g/mol. The minimum atomic E-state index is -10.7. The van der Waals surface area contributed by atoms with Crippen LogP contribution >= 0.6 is 15.6 Å². The molecular weight excluding hydrogens is 1040 g/mol. The van der Waals surface area contributed by atoms with E-state index < -0.39 is 15.6 Å². The maximum absolute atomic E-state index is 10.7. The van der Waals surface area contributed by atoms with Crippen molar-refractivity contribution in [1.29, 1.82) is 0 Å². The van der Waals surface area contributed by atoms with Gasteiger partial charge in [-0.15, -0.1) is 14.2 Å². The maximum atomic E-state index is 9.87.